The van der Waals surface area contributed by atoms with Crippen LogP contribution in [0.25, 0.3) is 16.9 Å². The van der Waals surface area contributed by atoms with Crippen molar-refractivity contribution in [2.45, 2.75) is 13.1 Å². The summed E-state index contributed by atoms with van der Waals surface area (Å²) in [7, 11) is 0. The summed E-state index contributed by atoms with van der Waals surface area (Å²) < 4.78 is 53.5. The Morgan fingerprint density at radius 1 is 0.957 bits per heavy atom. The second-order valence-corrected chi connectivity index (χ2v) is 5.17. The number of alkyl halides is 3. The number of hydrogen-bond donors (Lipinski definition) is 0. The summed E-state index contributed by atoms with van der Waals surface area (Å²) in [5.74, 6) is -0.540. The van der Waals surface area contributed by atoms with E-state index in [1.165, 1.54) is 18.2 Å². The molecule has 1 heterocycles. The van der Waals surface area contributed by atoms with Crippen molar-refractivity contribution in [3.05, 3.63) is 71.7 Å². The van der Waals surface area contributed by atoms with Gasteiger partial charge in [-0.3, -0.25) is 0 Å². The lowest BCUT2D eigenvalue weighted by Gasteiger charge is -2.08. The molecule has 0 spiro atoms. The van der Waals surface area contributed by atoms with Gasteiger partial charge in [-0.25, -0.2) is 9.07 Å². The van der Waals surface area contributed by atoms with Crippen molar-refractivity contribution in [3.8, 4) is 16.9 Å². The van der Waals surface area contributed by atoms with E-state index in [4.69, 9.17) is 0 Å². The van der Waals surface area contributed by atoms with E-state index < -0.39 is 17.7 Å². The van der Waals surface area contributed by atoms with Crippen molar-refractivity contribution >= 4 is 0 Å². The quantitative estimate of drug-likeness (QED) is 0.607. The van der Waals surface area contributed by atoms with Crippen molar-refractivity contribution in [2.75, 3.05) is 0 Å². The highest BCUT2D eigenvalue weighted by atomic mass is 19.4. The highest BCUT2D eigenvalue weighted by Gasteiger charge is 2.35. The van der Waals surface area contributed by atoms with Crippen molar-refractivity contribution < 1.29 is 17.6 Å². The minimum atomic E-state index is -4.57. The van der Waals surface area contributed by atoms with Crippen LogP contribution in [-0.4, -0.2) is 9.78 Å². The molecule has 0 amide bonds. The van der Waals surface area contributed by atoms with Crippen LogP contribution in [0.15, 0.2) is 54.6 Å². The maximum Gasteiger partial charge on any atom is 0.435 e. The zero-order chi connectivity index (χ0) is 16.6. The smallest absolute Gasteiger partial charge is 0.232 e. The van der Waals surface area contributed by atoms with Crippen molar-refractivity contribution in [1.82, 2.24) is 9.78 Å². The van der Waals surface area contributed by atoms with Crippen LogP contribution in [-0.2, 0) is 6.18 Å². The van der Waals surface area contributed by atoms with E-state index in [0.29, 0.717) is 5.56 Å². The maximum absolute atomic E-state index is 13.4. The van der Waals surface area contributed by atoms with Crippen LogP contribution in [0, 0.1) is 12.7 Å². The van der Waals surface area contributed by atoms with E-state index >= 15 is 0 Å². The molecule has 23 heavy (non-hydrogen) atoms. The molecule has 1 aromatic heterocycles. The number of halogens is 4. The highest BCUT2D eigenvalue weighted by molar-refractivity contribution is 5.63. The average molecular weight is 320 g/mol. The minimum Gasteiger partial charge on any atom is -0.232 e. The first-order valence-electron chi connectivity index (χ1n) is 6.85. The molecular weight excluding hydrogens is 308 g/mol. The predicted octanol–water partition coefficient (Wildman–Crippen LogP) is 5.01. The minimum absolute atomic E-state index is 0.232. The van der Waals surface area contributed by atoms with Crippen molar-refractivity contribution in [3.63, 3.8) is 0 Å². The number of hydrogen-bond acceptors (Lipinski definition) is 1. The Morgan fingerprint density at radius 2 is 1.65 bits per heavy atom. The fourth-order valence-corrected chi connectivity index (χ4v) is 2.25. The zero-order valence-electron chi connectivity index (χ0n) is 12.1. The molecule has 2 aromatic carbocycles. The molecule has 0 aliphatic rings. The molecule has 0 fully saturated rings. The molecule has 0 radical (unpaired) electrons. The van der Waals surface area contributed by atoms with E-state index in [1.807, 2.05) is 6.92 Å². The van der Waals surface area contributed by atoms with Gasteiger partial charge in [0.2, 0.25) is 0 Å². The van der Waals surface area contributed by atoms with Gasteiger partial charge in [0.05, 0.1) is 11.4 Å². The molecule has 3 aromatic rings. The molecule has 0 atom stereocenters. The van der Waals surface area contributed by atoms with Crippen LogP contribution in [0.3, 0.4) is 0 Å². The van der Waals surface area contributed by atoms with Crippen LogP contribution in [0.5, 0.6) is 0 Å². The Kier molecular flexibility index (Phi) is 3.67. The Bertz CT molecular complexity index is 833. The van der Waals surface area contributed by atoms with Crippen LogP contribution < -0.4 is 0 Å². The number of rotatable bonds is 2. The van der Waals surface area contributed by atoms with Gasteiger partial charge in [0.25, 0.3) is 0 Å². The third-order valence-electron chi connectivity index (χ3n) is 3.40. The Labute approximate surface area is 130 Å². The second kappa shape index (κ2) is 5.53. The van der Waals surface area contributed by atoms with Crippen molar-refractivity contribution in [1.29, 1.82) is 0 Å². The molecule has 0 saturated carbocycles. The predicted molar refractivity (Wildman–Crippen MR) is 78.7 cm³/mol. The van der Waals surface area contributed by atoms with Gasteiger partial charge in [-0.05, 0) is 31.2 Å². The maximum atomic E-state index is 13.4. The SMILES string of the molecule is Cc1ccc(-c2cc(C(F)(F)F)nn2-c2cccc(F)c2)cc1. The van der Waals surface area contributed by atoms with Gasteiger partial charge >= 0.3 is 6.18 Å². The standard InChI is InChI=1S/C17H12F4N2/c1-11-5-7-12(8-6-11)15-10-16(17(19,20)21)22-23(15)14-4-2-3-13(18)9-14/h2-10H,1H3. The normalized spacial score (nSPS) is 11.7. The summed E-state index contributed by atoms with van der Waals surface area (Å²) in [6.45, 7) is 1.88. The van der Waals surface area contributed by atoms with E-state index in [-0.39, 0.29) is 11.4 Å². The molecule has 0 N–H and O–H groups in total. The van der Waals surface area contributed by atoms with Gasteiger partial charge in [-0.15, -0.1) is 0 Å². The Hall–Kier alpha value is -2.63. The molecule has 118 valence electrons. The lowest BCUT2D eigenvalue weighted by molar-refractivity contribution is -0.141. The number of aryl methyl sites for hydroxylation is 1. The van der Waals surface area contributed by atoms with Gasteiger partial charge in [-0.2, -0.15) is 18.3 Å². The average Bonchev–Trinajstić information content (AvgIpc) is 2.93. The summed E-state index contributed by atoms with van der Waals surface area (Å²) in [5.41, 5.74) is 1.03. The molecule has 3 rings (SSSR count). The largest absolute Gasteiger partial charge is 0.435 e. The van der Waals surface area contributed by atoms with Gasteiger partial charge < -0.3 is 0 Å². The van der Waals surface area contributed by atoms with Gasteiger partial charge in [0.1, 0.15) is 5.82 Å². The number of nitrogens with zero attached hydrogens (tertiary/aromatic N) is 2. The summed E-state index contributed by atoms with van der Waals surface area (Å²) in [4.78, 5) is 0. The highest BCUT2D eigenvalue weighted by Crippen LogP contribution is 2.33. The molecule has 6 heteroatoms. The van der Waals surface area contributed by atoms with E-state index in [9.17, 15) is 17.6 Å². The van der Waals surface area contributed by atoms with E-state index in [1.54, 1.807) is 24.3 Å². The molecule has 0 unspecified atom stereocenters. The van der Waals surface area contributed by atoms with Gasteiger partial charge in [-0.1, -0.05) is 35.9 Å². The first-order valence-corrected chi connectivity index (χ1v) is 6.85. The first-order chi connectivity index (χ1) is 10.8. The zero-order valence-corrected chi connectivity index (χ0v) is 12.1. The molecular formula is C17H12F4N2. The van der Waals surface area contributed by atoms with Crippen molar-refractivity contribution in [2.24, 2.45) is 0 Å². The summed E-state index contributed by atoms with van der Waals surface area (Å²) in [6, 6.07) is 13.3. The third kappa shape index (κ3) is 3.11. The molecule has 0 aliphatic carbocycles. The van der Waals surface area contributed by atoms with Crippen LogP contribution >= 0.6 is 0 Å². The summed E-state index contributed by atoms with van der Waals surface area (Å²) >= 11 is 0. The fourth-order valence-electron chi connectivity index (χ4n) is 2.25. The number of aromatic nitrogens is 2. The molecule has 0 saturated heterocycles. The molecule has 0 bridgehead atoms. The first kappa shape index (κ1) is 15.3. The van der Waals surface area contributed by atoms with Crippen LogP contribution in [0.4, 0.5) is 17.6 Å². The lowest BCUT2D eigenvalue weighted by Crippen LogP contribution is -2.07. The summed E-state index contributed by atoms with van der Waals surface area (Å²) in [5, 5.41) is 3.62. The fraction of sp³-hybridized carbons (Fsp3) is 0.118. The second-order valence-electron chi connectivity index (χ2n) is 5.17. The van der Waals surface area contributed by atoms with Gasteiger partial charge in [0.15, 0.2) is 5.69 Å². The Balaban J connectivity index is 2.21. The van der Waals surface area contributed by atoms with Gasteiger partial charge in [0, 0.05) is 5.56 Å². The van der Waals surface area contributed by atoms with E-state index in [0.717, 1.165) is 22.4 Å². The van der Waals surface area contributed by atoms with Crippen LogP contribution in [0.2, 0.25) is 0 Å². The summed E-state index contributed by atoms with van der Waals surface area (Å²) in [6.07, 6.45) is -4.57. The lowest BCUT2D eigenvalue weighted by atomic mass is 10.1. The van der Waals surface area contributed by atoms with E-state index in [2.05, 4.69) is 5.10 Å². The number of benzene rings is 2. The molecule has 0 aliphatic heterocycles. The molecule has 2 nitrogen and oxygen atoms in total. The Morgan fingerprint density at radius 3 is 2.26 bits per heavy atom. The monoisotopic (exact) mass is 320 g/mol. The topological polar surface area (TPSA) is 17.8 Å². The third-order valence-corrected chi connectivity index (χ3v) is 3.40. The van der Waals surface area contributed by atoms with Crippen LogP contribution in [0.1, 0.15) is 11.3 Å².